The summed E-state index contributed by atoms with van der Waals surface area (Å²) in [5.41, 5.74) is 1.13. The van der Waals surface area contributed by atoms with Crippen LogP contribution in [0.1, 0.15) is 25.7 Å². The highest BCUT2D eigenvalue weighted by molar-refractivity contribution is 7.91. The summed E-state index contributed by atoms with van der Waals surface area (Å²) in [5, 5.41) is 3.51. The molecule has 24 heavy (non-hydrogen) atoms. The maximum absolute atomic E-state index is 12.0. The van der Waals surface area contributed by atoms with E-state index in [0.717, 1.165) is 12.8 Å². The molecule has 0 amide bonds. The number of rotatable bonds is 5. The third-order valence-corrected chi connectivity index (χ3v) is 6.51. The lowest BCUT2D eigenvalue weighted by molar-refractivity contribution is 0.133. The topological polar surface area (TPSA) is 81.4 Å². The van der Waals surface area contributed by atoms with Crippen molar-refractivity contribution in [3.05, 3.63) is 36.2 Å². The molecular formula is C17H20N2O4S. The number of nitrogens with one attached hydrogen (secondary N) is 1. The average Bonchev–Trinajstić information content (AvgIpc) is 3.13. The lowest BCUT2D eigenvalue weighted by Crippen LogP contribution is -2.46. The van der Waals surface area contributed by atoms with E-state index in [4.69, 9.17) is 9.15 Å². The Bertz CT molecular complexity index is 902. The molecule has 2 atom stereocenters. The number of hydrogen-bond acceptors (Lipinski definition) is 6. The van der Waals surface area contributed by atoms with E-state index in [1.807, 2.05) is 0 Å². The Balaban J connectivity index is 1.54. The quantitative estimate of drug-likeness (QED) is 0.834. The van der Waals surface area contributed by atoms with Gasteiger partial charge in [0.05, 0.1) is 29.9 Å². The zero-order chi connectivity index (χ0) is 16.8. The van der Waals surface area contributed by atoms with E-state index in [9.17, 15) is 8.42 Å². The van der Waals surface area contributed by atoms with E-state index in [2.05, 4.69) is 22.5 Å². The van der Waals surface area contributed by atoms with Crippen LogP contribution in [-0.4, -0.2) is 37.4 Å². The molecule has 0 spiro atoms. The summed E-state index contributed by atoms with van der Waals surface area (Å²) in [6, 6.07) is 4.83. The van der Waals surface area contributed by atoms with Crippen LogP contribution in [0.4, 0.5) is 0 Å². The number of hydrogen-bond donors (Lipinski definition) is 1. The van der Waals surface area contributed by atoms with Crippen molar-refractivity contribution in [3.8, 4) is 0 Å². The molecule has 2 heterocycles. The Morgan fingerprint density at radius 3 is 3.12 bits per heavy atom. The molecule has 1 fully saturated rings. The Morgan fingerprint density at radius 2 is 2.29 bits per heavy atom. The predicted octanol–water partition coefficient (Wildman–Crippen LogP) is 2.20. The van der Waals surface area contributed by atoms with Gasteiger partial charge in [-0.15, -0.1) is 0 Å². The van der Waals surface area contributed by atoms with Crippen molar-refractivity contribution in [1.29, 1.82) is 0 Å². The zero-order valence-electron chi connectivity index (χ0n) is 13.5. The van der Waals surface area contributed by atoms with Gasteiger partial charge in [-0.1, -0.05) is 19.1 Å². The molecule has 6 nitrogen and oxygen atoms in total. The molecule has 4 rings (SSSR count). The fourth-order valence-corrected chi connectivity index (χ4v) is 4.23. The van der Waals surface area contributed by atoms with Crippen molar-refractivity contribution in [2.75, 3.05) is 12.4 Å². The number of oxazole rings is 1. The second-order valence-corrected chi connectivity index (χ2v) is 8.74. The molecule has 0 saturated carbocycles. The number of fused-ring (bicyclic) bond motifs is 3. The molecule has 1 aliphatic carbocycles. The Morgan fingerprint density at radius 1 is 1.42 bits per heavy atom. The summed E-state index contributed by atoms with van der Waals surface area (Å²) in [6.45, 7) is 2.81. The molecule has 1 N–H and O–H groups in total. The third kappa shape index (κ3) is 2.76. The molecule has 2 bridgehead atoms. The fraction of sp³-hybridized carbons (Fsp3) is 0.471. The number of nitrogens with zero attached hydrogens (tertiary/aromatic N) is 1. The first-order valence-electron chi connectivity index (χ1n) is 8.15. The van der Waals surface area contributed by atoms with Gasteiger partial charge in [0.1, 0.15) is 5.52 Å². The minimum absolute atomic E-state index is 0.0449. The summed E-state index contributed by atoms with van der Waals surface area (Å²) in [7, 11) is -3.24. The van der Waals surface area contributed by atoms with Crippen LogP contribution in [0, 0.1) is 0 Å². The van der Waals surface area contributed by atoms with Gasteiger partial charge in [-0.2, -0.15) is 0 Å². The standard InChI is InChI=1S/C17H20N2O4S/c1-2-24(20,21)13-5-6-15-14(8-13)19-16(23-15)10-18-17-7-3-4-12(9-17)22-11-17/h3-6,8,12,18H,2,7,9-11H2,1H3. The number of sulfone groups is 1. The highest BCUT2D eigenvalue weighted by Crippen LogP contribution is 2.33. The maximum Gasteiger partial charge on any atom is 0.209 e. The highest BCUT2D eigenvalue weighted by Gasteiger charge is 2.40. The SMILES string of the molecule is CCS(=O)(=O)c1ccc2oc(CNC34CC=CC(C3)OC4)nc2c1. The second kappa shape index (κ2) is 5.68. The Hall–Kier alpha value is -1.70. The Kier molecular flexibility index (Phi) is 3.74. The van der Waals surface area contributed by atoms with E-state index in [-0.39, 0.29) is 22.3 Å². The molecule has 1 saturated heterocycles. The predicted molar refractivity (Wildman–Crippen MR) is 89.4 cm³/mol. The van der Waals surface area contributed by atoms with Crippen LogP contribution in [0.15, 0.2) is 39.7 Å². The van der Waals surface area contributed by atoms with E-state index in [1.54, 1.807) is 25.1 Å². The molecule has 2 unspecified atom stereocenters. The van der Waals surface area contributed by atoms with Gasteiger partial charge in [-0.05, 0) is 31.0 Å². The lowest BCUT2D eigenvalue weighted by atomic mass is 9.88. The third-order valence-electron chi connectivity index (χ3n) is 4.78. The summed E-state index contributed by atoms with van der Waals surface area (Å²) >= 11 is 0. The molecular weight excluding hydrogens is 328 g/mol. The fourth-order valence-electron chi connectivity index (χ4n) is 3.33. The molecule has 7 heteroatoms. The first-order chi connectivity index (χ1) is 11.5. The summed E-state index contributed by atoms with van der Waals surface area (Å²) in [6.07, 6.45) is 6.37. The summed E-state index contributed by atoms with van der Waals surface area (Å²) in [4.78, 5) is 4.72. The molecule has 1 aliphatic heterocycles. The van der Waals surface area contributed by atoms with Crippen molar-refractivity contribution in [2.45, 2.75) is 42.8 Å². The van der Waals surface area contributed by atoms with Gasteiger partial charge >= 0.3 is 0 Å². The van der Waals surface area contributed by atoms with E-state index in [1.165, 1.54) is 0 Å². The van der Waals surface area contributed by atoms with Crippen LogP contribution in [-0.2, 0) is 21.1 Å². The van der Waals surface area contributed by atoms with Crippen LogP contribution in [0.3, 0.4) is 0 Å². The number of ether oxygens (including phenoxy) is 1. The second-order valence-electron chi connectivity index (χ2n) is 6.46. The van der Waals surface area contributed by atoms with Crippen LogP contribution >= 0.6 is 0 Å². The van der Waals surface area contributed by atoms with Gasteiger partial charge in [0.2, 0.25) is 5.89 Å². The summed E-state index contributed by atoms with van der Waals surface area (Å²) < 4.78 is 35.4. The van der Waals surface area contributed by atoms with Gasteiger partial charge in [0, 0.05) is 5.54 Å². The minimum atomic E-state index is -3.24. The van der Waals surface area contributed by atoms with E-state index < -0.39 is 9.84 Å². The maximum atomic E-state index is 12.0. The monoisotopic (exact) mass is 348 g/mol. The molecule has 128 valence electrons. The van der Waals surface area contributed by atoms with E-state index in [0.29, 0.717) is 30.1 Å². The zero-order valence-corrected chi connectivity index (χ0v) is 14.3. The smallest absolute Gasteiger partial charge is 0.209 e. The van der Waals surface area contributed by atoms with Gasteiger partial charge in [-0.3, -0.25) is 0 Å². The molecule has 1 aromatic heterocycles. The Labute approximate surface area is 140 Å². The van der Waals surface area contributed by atoms with Crippen LogP contribution in [0.2, 0.25) is 0 Å². The molecule has 2 aliphatic rings. The van der Waals surface area contributed by atoms with E-state index >= 15 is 0 Å². The van der Waals surface area contributed by atoms with Gasteiger partial charge in [-0.25, -0.2) is 13.4 Å². The molecule has 0 radical (unpaired) electrons. The largest absolute Gasteiger partial charge is 0.439 e. The molecule has 2 aromatic rings. The number of benzene rings is 1. The van der Waals surface area contributed by atoms with Crippen LogP contribution in [0.25, 0.3) is 11.1 Å². The first kappa shape index (κ1) is 15.8. The normalized spacial score (nSPS) is 26.3. The lowest BCUT2D eigenvalue weighted by Gasteiger charge is -2.28. The summed E-state index contributed by atoms with van der Waals surface area (Å²) in [5.74, 6) is 0.630. The van der Waals surface area contributed by atoms with Crippen LogP contribution < -0.4 is 5.32 Å². The highest BCUT2D eigenvalue weighted by atomic mass is 32.2. The van der Waals surface area contributed by atoms with Crippen molar-refractivity contribution >= 4 is 20.9 Å². The van der Waals surface area contributed by atoms with Gasteiger partial charge in [0.25, 0.3) is 0 Å². The molecule has 1 aromatic carbocycles. The van der Waals surface area contributed by atoms with Crippen molar-refractivity contribution < 1.29 is 17.6 Å². The van der Waals surface area contributed by atoms with Crippen molar-refractivity contribution in [3.63, 3.8) is 0 Å². The minimum Gasteiger partial charge on any atom is -0.439 e. The number of aromatic nitrogens is 1. The first-order valence-corrected chi connectivity index (χ1v) is 9.80. The average molecular weight is 348 g/mol. The van der Waals surface area contributed by atoms with Gasteiger partial charge < -0.3 is 14.5 Å². The van der Waals surface area contributed by atoms with Gasteiger partial charge in [0.15, 0.2) is 15.4 Å². The van der Waals surface area contributed by atoms with Crippen molar-refractivity contribution in [2.24, 2.45) is 0 Å². The van der Waals surface area contributed by atoms with Crippen molar-refractivity contribution in [1.82, 2.24) is 10.3 Å². The van der Waals surface area contributed by atoms with Crippen LogP contribution in [0.5, 0.6) is 0 Å².